The van der Waals surface area contributed by atoms with Gasteiger partial charge in [-0.25, -0.2) is 9.59 Å². The molecule has 0 amide bonds. The molecule has 10 heteroatoms. The van der Waals surface area contributed by atoms with Crippen molar-refractivity contribution in [1.82, 2.24) is 4.57 Å². The van der Waals surface area contributed by atoms with E-state index < -0.39 is 17.5 Å². The molecule has 186 valence electrons. The van der Waals surface area contributed by atoms with E-state index in [1.54, 1.807) is 36.4 Å². The van der Waals surface area contributed by atoms with E-state index >= 15 is 0 Å². The van der Waals surface area contributed by atoms with Crippen LogP contribution in [-0.4, -0.2) is 50.1 Å². The smallest absolute Gasteiger partial charge is 1.00 e. The molecule has 0 saturated heterocycles. The number of rotatable bonds is 7. The van der Waals surface area contributed by atoms with Gasteiger partial charge in [-0.1, -0.05) is 18.2 Å². The number of aromatic nitrogens is 1. The molecule has 37 heavy (non-hydrogen) atoms. The Morgan fingerprint density at radius 1 is 0.838 bits per heavy atom. The number of aromatic carboxylic acids is 1. The topological polar surface area (TPSA) is 113 Å². The average Bonchev–Trinajstić information content (AvgIpc) is 2.91. The maximum atomic E-state index is 13.7. The zero-order valence-electron chi connectivity index (χ0n) is 22.0. The van der Waals surface area contributed by atoms with Crippen LogP contribution in [-0.2, 0) is 4.74 Å². The molecular weight excluding hydrogens is 489 g/mol. The monoisotopic (exact) mass is 513 g/mol. The van der Waals surface area contributed by atoms with Gasteiger partial charge < -0.3 is 25.5 Å². The van der Waals surface area contributed by atoms with Gasteiger partial charge in [0.25, 0.3) is 5.56 Å². The molecule has 0 bridgehead atoms. The zero-order valence-corrected chi connectivity index (χ0v) is 23.0. The predicted molar refractivity (Wildman–Crippen MR) is 134 cm³/mol. The Morgan fingerprint density at radius 3 is 1.89 bits per heavy atom. The summed E-state index contributed by atoms with van der Waals surface area (Å²) in [6.07, 6.45) is 0. The van der Waals surface area contributed by atoms with Crippen LogP contribution in [0.25, 0.3) is 27.6 Å². The number of hydrogen-bond acceptors (Lipinski definition) is 7. The van der Waals surface area contributed by atoms with Crippen molar-refractivity contribution < 1.29 is 64.6 Å². The van der Waals surface area contributed by atoms with Gasteiger partial charge in [0, 0.05) is 16.6 Å². The average molecular weight is 513 g/mol. The van der Waals surface area contributed by atoms with Gasteiger partial charge in [-0.05, 0) is 53.4 Å². The van der Waals surface area contributed by atoms with Crippen molar-refractivity contribution in [2.24, 2.45) is 0 Å². The molecule has 4 rings (SSSR count). The van der Waals surface area contributed by atoms with Gasteiger partial charge in [0.05, 0.1) is 34.0 Å². The molecule has 1 N–H and O–H groups in total. The summed E-state index contributed by atoms with van der Waals surface area (Å²) in [7, 11) is 5.66. The van der Waals surface area contributed by atoms with Crippen LogP contribution in [0.3, 0.4) is 0 Å². The minimum atomic E-state index is -1.11. The number of carboxylic acids is 1. The second-order valence-corrected chi connectivity index (χ2v) is 7.67. The van der Waals surface area contributed by atoms with Gasteiger partial charge in [0.2, 0.25) is 5.75 Å². The van der Waals surface area contributed by atoms with Gasteiger partial charge in [-0.3, -0.25) is 9.36 Å². The second-order valence-electron chi connectivity index (χ2n) is 7.67. The standard InChI is InChI=1S/C27H23NO8.Na.H/c1-33-20-13-16(14-21(34-2)24(20)35-3)22-18-7-5-6-8-19(18)25(29)28(23(22)27(32)36-4)17-11-9-15(10-12-17)26(30)31;;/h5-14H,1-4H3,(H,30,31);;/q;+1;-1. The largest absolute Gasteiger partial charge is 1.00 e. The minimum Gasteiger partial charge on any atom is -1.00 e. The number of carboxylic acid groups (broad SMARTS) is 1. The molecule has 0 aliphatic rings. The van der Waals surface area contributed by atoms with E-state index in [9.17, 15) is 19.5 Å². The quantitative estimate of drug-likeness (QED) is 0.291. The normalized spacial score (nSPS) is 10.4. The summed E-state index contributed by atoms with van der Waals surface area (Å²) in [4.78, 5) is 38.3. The van der Waals surface area contributed by atoms with Crippen molar-refractivity contribution in [1.29, 1.82) is 0 Å². The Morgan fingerprint density at radius 2 is 1.41 bits per heavy atom. The Bertz CT molecular complexity index is 1520. The number of carbonyl (C=O) groups excluding carboxylic acids is 1. The van der Waals surface area contributed by atoms with Gasteiger partial charge in [0.1, 0.15) is 5.69 Å². The number of fused-ring (bicyclic) bond motifs is 1. The SMILES string of the molecule is COC(=O)c1c(-c2cc(OC)c(OC)c(OC)c2)c2ccccc2c(=O)n1-c1ccc(C(=O)O)cc1.[H-].[Na+]. The molecule has 0 fully saturated rings. The maximum Gasteiger partial charge on any atom is 1.00 e. The van der Waals surface area contributed by atoms with Gasteiger partial charge in [-0.15, -0.1) is 0 Å². The molecule has 0 radical (unpaired) electrons. The third-order valence-electron chi connectivity index (χ3n) is 5.79. The Labute approximate surface area is 235 Å². The molecular formula is C27H24NNaO8. The number of pyridine rings is 1. The van der Waals surface area contributed by atoms with E-state index in [1.807, 2.05) is 0 Å². The van der Waals surface area contributed by atoms with Gasteiger partial charge in [-0.2, -0.15) is 0 Å². The Balaban J connectivity index is 0.00000253. The summed E-state index contributed by atoms with van der Waals surface area (Å²) < 4.78 is 22.8. The van der Waals surface area contributed by atoms with Crippen molar-refractivity contribution in [2.75, 3.05) is 28.4 Å². The van der Waals surface area contributed by atoms with Crippen LogP contribution in [0.5, 0.6) is 17.2 Å². The number of ether oxygens (including phenoxy) is 4. The first-order chi connectivity index (χ1) is 17.4. The summed E-state index contributed by atoms with van der Waals surface area (Å²) in [5.41, 5.74) is 0.737. The van der Waals surface area contributed by atoms with E-state index in [-0.39, 0.29) is 42.2 Å². The number of nitrogens with zero attached hydrogens (tertiary/aromatic N) is 1. The van der Waals surface area contributed by atoms with Crippen molar-refractivity contribution >= 4 is 22.7 Å². The minimum absolute atomic E-state index is 0. The number of hydrogen-bond donors (Lipinski definition) is 1. The second kappa shape index (κ2) is 11.5. The van der Waals surface area contributed by atoms with E-state index in [0.29, 0.717) is 44.8 Å². The molecule has 0 saturated carbocycles. The fourth-order valence-electron chi connectivity index (χ4n) is 4.16. The summed E-state index contributed by atoms with van der Waals surface area (Å²) >= 11 is 0. The van der Waals surface area contributed by atoms with Crippen molar-refractivity contribution in [3.63, 3.8) is 0 Å². The first-order valence-corrected chi connectivity index (χ1v) is 10.8. The third-order valence-corrected chi connectivity index (χ3v) is 5.79. The van der Waals surface area contributed by atoms with Crippen LogP contribution in [0.2, 0.25) is 0 Å². The van der Waals surface area contributed by atoms with Crippen LogP contribution < -0.4 is 49.3 Å². The van der Waals surface area contributed by atoms with E-state index in [1.165, 1.54) is 57.3 Å². The maximum absolute atomic E-state index is 13.7. The van der Waals surface area contributed by atoms with Crippen LogP contribution in [0.4, 0.5) is 0 Å². The Hall–Kier alpha value is -3.79. The fourth-order valence-corrected chi connectivity index (χ4v) is 4.16. The van der Waals surface area contributed by atoms with Crippen LogP contribution >= 0.6 is 0 Å². The zero-order chi connectivity index (χ0) is 26.0. The molecule has 0 aliphatic heterocycles. The molecule has 0 aliphatic carbocycles. The Kier molecular flexibility index (Phi) is 8.65. The van der Waals surface area contributed by atoms with Gasteiger partial charge in [0.15, 0.2) is 11.5 Å². The van der Waals surface area contributed by atoms with Crippen molar-refractivity contribution in [3.8, 4) is 34.1 Å². The molecule has 0 atom stereocenters. The van der Waals surface area contributed by atoms with E-state index in [2.05, 4.69) is 0 Å². The molecule has 1 heterocycles. The van der Waals surface area contributed by atoms with Crippen LogP contribution in [0.1, 0.15) is 22.3 Å². The first-order valence-electron chi connectivity index (χ1n) is 10.8. The number of carbonyl (C=O) groups is 2. The number of benzene rings is 3. The molecule has 4 aromatic rings. The van der Waals surface area contributed by atoms with E-state index in [4.69, 9.17) is 18.9 Å². The number of methoxy groups -OCH3 is 4. The predicted octanol–water partition coefficient (Wildman–Crippen LogP) is 1.28. The van der Waals surface area contributed by atoms with Crippen LogP contribution in [0.15, 0.2) is 65.5 Å². The molecule has 0 unspecified atom stereocenters. The summed E-state index contributed by atoms with van der Waals surface area (Å²) in [5, 5.41) is 10.1. The van der Waals surface area contributed by atoms with Crippen molar-refractivity contribution in [3.05, 3.63) is 82.3 Å². The molecule has 3 aromatic carbocycles. The summed E-state index contributed by atoms with van der Waals surface area (Å²) in [5.74, 6) is -0.793. The first kappa shape index (κ1) is 27.8. The van der Waals surface area contributed by atoms with Crippen molar-refractivity contribution in [2.45, 2.75) is 0 Å². The molecule has 0 spiro atoms. The summed E-state index contributed by atoms with van der Waals surface area (Å²) in [6.45, 7) is 0. The molecule has 9 nitrogen and oxygen atoms in total. The molecule has 1 aromatic heterocycles. The van der Waals surface area contributed by atoms with E-state index in [0.717, 1.165) is 0 Å². The fraction of sp³-hybridized carbons (Fsp3) is 0.148. The van der Waals surface area contributed by atoms with Crippen LogP contribution in [0, 0.1) is 0 Å². The number of esters is 1. The summed E-state index contributed by atoms with van der Waals surface area (Å²) in [6, 6.07) is 15.9. The third kappa shape index (κ3) is 4.93. The van der Waals surface area contributed by atoms with Gasteiger partial charge >= 0.3 is 41.5 Å².